The van der Waals surface area contributed by atoms with Crippen LogP contribution in [0.3, 0.4) is 0 Å². The molecule has 3 heterocycles. The van der Waals surface area contributed by atoms with Crippen LogP contribution in [-0.2, 0) is 13.1 Å². The van der Waals surface area contributed by atoms with Crippen molar-refractivity contribution in [1.82, 2.24) is 14.8 Å². The molecule has 1 saturated carbocycles. The lowest BCUT2D eigenvalue weighted by molar-refractivity contribution is 0.0581. The van der Waals surface area contributed by atoms with Gasteiger partial charge >= 0.3 is 0 Å². The van der Waals surface area contributed by atoms with Crippen LogP contribution < -0.4 is 4.90 Å². The zero-order valence-electron chi connectivity index (χ0n) is 12.7. The molecule has 1 atom stereocenters. The van der Waals surface area contributed by atoms with Crippen molar-refractivity contribution in [3.05, 3.63) is 42.0 Å². The highest BCUT2D eigenvalue weighted by atomic mass is 16.3. The highest BCUT2D eigenvalue weighted by Gasteiger charge is 2.29. The second-order valence-corrected chi connectivity index (χ2v) is 6.40. The Morgan fingerprint density at radius 3 is 2.68 bits per heavy atom. The van der Waals surface area contributed by atoms with Gasteiger partial charge in [0.05, 0.1) is 17.9 Å². The Morgan fingerprint density at radius 1 is 1.14 bits per heavy atom. The standard InChI is InChI=1S/C17H22N4O/c22-17(13-3-1-4-13)16-11-15-12-20(9-2-10-21(15)19-16)14-5-7-18-8-6-14/h5-8,11,13,17,22H,1-4,9-10,12H2/t17-/m1/s1. The molecule has 0 radical (unpaired) electrons. The second-order valence-electron chi connectivity index (χ2n) is 6.40. The molecule has 2 aromatic heterocycles. The Bertz CT molecular complexity index is 635. The molecule has 5 nitrogen and oxygen atoms in total. The summed E-state index contributed by atoms with van der Waals surface area (Å²) in [6.45, 7) is 2.79. The Balaban J connectivity index is 1.57. The topological polar surface area (TPSA) is 54.2 Å². The van der Waals surface area contributed by atoms with Crippen LogP contribution in [-0.4, -0.2) is 26.4 Å². The predicted molar refractivity (Wildman–Crippen MR) is 84.4 cm³/mol. The van der Waals surface area contributed by atoms with Crippen LogP contribution in [0.1, 0.15) is 43.2 Å². The van der Waals surface area contributed by atoms with Crippen molar-refractivity contribution in [3.8, 4) is 0 Å². The first-order chi connectivity index (χ1) is 10.8. The zero-order valence-corrected chi connectivity index (χ0v) is 12.7. The van der Waals surface area contributed by atoms with Gasteiger partial charge in [0.15, 0.2) is 0 Å². The molecule has 2 aliphatic rings. The molecule has 0 unspecified atom stereocenters. The average molecular weight is 298 g/mol. The zero-order chi connectivity index (χ0) is 14.9. The number of aryl methyl sites for hydroxylation is 1. The van der Waals surface area contributed by atoms with Gasteiger partial charge in [-0.1, -0.05) is 6.42 Å². The Kier molecular flexibility index (Phi) is 3.58. The number of rotatable bonds is 3. The van der Waals surface area contributed by atoms with Gasteiger partial charge in [-0.2, -0.15) is 5.10 Å². The fourth-order valence-electron chi connectivity index (χ4n) is 3.40. The quantitative estimate of drug-likeness (QED) is 0.946. The molecule has 4 rings (SSSR count). The minimum Gasteiger partial charge on any atom is -0.386 e. The van der Waals surface area contributed by atoms with E-state index < -0.39 is 0 Å². The summed E-state index contributed by atoms with van der Waals surface area (Å²) < 4.78 is 2.08. The van der Waals surface area contributed by atoms with Crippen LogP contribution >= 0.6 is 0 Å². The van der Waals surface area contributed by atoms with Crippen LogP contribution in [0.25, 0.3) is 0 Å². The summed E-state index contributed by atoms with van der Waals surface area (Å²) in [7, 11) is 0. The molecule has 1 aliphatic heterocycles. The molecule has 1 aliphatic carbocycles. The van der Waals surface area contributed by atoms with E-state index in [2.05, 4.69) is 37.9 Å². The number of aliphatic hydroxyl groups is 1. The fraction of sp³-hybridized carbons (Fsp3) is 0.529. The van der Waals surface area contributed by atoms with Crippen LogP contribution in [0.4, 0.5) is 5.69 Å². The molecule has 0 saturated heterocycles. The summed E-state index contributed by atoms with van der Waals surface area (Å²) >= 11 is 0. The normalized spacial score (nSPS) is 20.1. The predicted octanol–water partition coefficient (Wildman–Crippen LogP) is 2.52. The smallest absolute Gasteiger partial charge is 0.101 e. The summed E-state index contributed by atoms with van der Waals surface area (Å²) in [4.78, 5) is 6.46. The minimum absolute atomic E-state index is 0.387. The highest BCUT2D eigenvalue weighted by molar-refractivity contribution is 5.45. The third kappa shape index (κ3) is 2.50. The van der Waals surface area contributed by atoms with Crippen molar-refractivity contribution < 1.29 is 5.11 Å². The van der Waals surface area contributed by atoms with Gasteiger partial charge in [-0.05, 0) is 43.4 Å². The molecule has 22 heavy (non-hydrogen) atoms. The first-order valence-corrected chi connectivity index (χ1v) is 8.21. The molecular formula is C17H22N4O. The average Bonchev–Trinajstić information content (AvgIpc) is 2.78. The van der Waals surface area contributed by atoms with Gasteiger partial charge in [0, 0.05) is 31.2 Å². The second kappa shape index (κ2) is 5.72. The van der Waals surface area contributed by atoms with Crippen molar-refractivity contribution >= 4 is 5.69 Å². The number of aliphatic hydroxyl groups excluding tert-OH is 1. The molecule has 116 valence electrons. The number of anilines is 1. The third-order valence-corrected chi connectivity index (χ3v) is 4.96. The van der Waals surface area contributed by atoms with E-state index in [-0.39, 0.29) is 6.10 Å². The van der Waals surface area contributed by atoms with Gasteiger partial charge in [-0.3, -0.25) is 9.67 Å². The summed E-state index contributed by atoms with van der Waals surface area (Å²) in [5, 5.41) is 15.1. The molecule has 1 fully saturated rings. The lowest BCUT2D eigenvalue weighted by Crippen LogP contribution is -2.22. The fourth-order valence-corrected chi connectivity index (χ4v) is 3.40. The maximum absolute atomic E-state index is 10.4. The number of hydrogen-bond acceptors (Lipinski definition) is 4. The van der Waals surface area contributed by atoms with Gasteiger partial charge in [-0.15, -0.1) is 0 Å². The van der Waals surface area contributed by atoms with Gasteiger partial charge in [0.2, 0.25) is 0 Å². The number of pyridine rings is 1. The molecule has 1 N–H and O–H groups in total. The first kappa shape index (κ1) is 13.8. The van der Waals surface area contributed by atoms with E-state index in [1.807, 2.05) is 12.4 Å². The molecule has 0 bridgehead atoms. The minimum atomic E-state index is -0.387. The van der Waals surface area contributed by atoms with Crippen molar-refractivity contribution in [2.24, 2.45) is 5.92 Å². The summed E-state index contributed by atoms with van der Waals surface area (Å²) in [6, 6.07) is 6.20. The summed E-state index contributed by atoms with van der Waals surface area (Å²) in [5.41, 5.74) is 3.25. The number of hydrogen-bond donors (Lipinski definition) is 1. The van der Waals surface area contributed by atoms with Crippen molar-refractivity contribution in [1.29, 1.82) is 0 Å². The van der Waals surface area contributed by atoms with E-state index in [0.717, 1.165) is 44.6 Å². The van der Waals surface area contributed by atoms with E-state index in [9.17, 15) is 5.11 Å². The summed E-state index contributed by atoms with van der Waals surface area (Å²) in [5.74, 6) is 0.412. The largest absolute Gasteiger partial charge is 0.386 e. The third-order valence-electron chi connectivity index (χ3n) is 4.96. The van der Waals surface area contributed by atoms with Gasteiger partial charge in [0.1, 0.15) is 6.10 Å². The summed E-state index contributed by atoms with van der Waals surface area (Å²) in [6.07, 6.45) is 7.86. The Morgan fingerprint density at radius 2 is 1.95 bits per heavy atom. The lowest BCUT2D eigenvalue weighted by atomic mass is 9.80. The molecular weight excluding hydrogens is 276 g/mol. The Labute approximate surface area is 130 Å². The van der Waals surface area contributed by atoms with E-state index >= 15 is 0 Å². The molecule has 2 aromatic rings. The van der Waals surface area contributed by atoms with Crippen LogP contribution in [0.5, 0.6) is 0 Å². The maximum Gasteiger partial charge on any atom is 0.101 e. The maximum atomic E-state index is 10.4. The number of nitrogens with zero attached hydrogens (tertiary/aromatic N) is 4. The molecule has 0 amide bonds. The van der Waals surface area contributed by atoms with Crippen molar-refractivity contribution in [2.75, 3.05) is 11.4 Å². The molecule has 0 aromatic carbocycles. The number of fused-ring (bicyclic) bond motifs is 1. The van der Waals surface area contributed by atoms with E-state index in [0.29, 0.717) is 5.92 Å². The van der Waals surface area contributed by atoms with Crippen LogP contribution in [0.2, 0.25) is 0 Å². The molecule has 0 spiro atoms. The van der Waals surface area contributed by atoms with E-state index in [1.54, 1.807) is 0 Å². The van der Waals surface area contributed by atoms with Crippen molar-refractivity contribution in [3.63, 3.8) is 0 Å². The van der Waals surface area contributed by atoms with Gasteiger partial charge in [-0.25, -0.2) is 0 Å². The molecule has 5 heteroatoms. The Hall–Kier alpha value is -1.88. The van der Waals surface area contributed by atoms with E-state index in [4.69, 9.17) is 0 Å². The van der Waals surface area contributed by atoms with Crippen LogP contribution in [0.15, 0.2) is 30.6 Å². The highest BCUT2D eigenvalue weighted by Crippen LogP contribution is 2.37. The number of aromatic nitrogens is 3. The van der Waals surface area contributed by atoms with Crippen molar-refractivity contribution in [2.45, 2.75) is 44.9 Å². The van der Waals surface area contributed by atoms with Crippen LogP contribution in [0, 0.1) is 5.92 Å². The van der Waals surface area contributed by atoms with Gasteiger partial charge < -0.3 is 10.0 Å². The lowest BCUT2D eigenvalue weighted by Gasteiger charge is -2.29. The first-order valence-electron chi connectivity index (χ1n) is 8.21. The van der Waals surface area contributed by atoms with Gasteiger partial charge in [0.25, 0.3) is 0 Å². The SMILES string of the molecule is O[C@@H](c1cc2n(n1)CCCN(c1ccncc1)C2)C1CCC1. The van der Waals surface area contributed by atoms with E-state index in [1.165, 1.54) is 17.8 Å². The monoisotopic (exact) mass is 298 g/mol.